The molecule has 0 aliphatic rings. The van der Waals surface area contributed by atoms with E-state index in [1.807, 2.05) is 6.92 Å². The Balaban J connectivity index is 2.27. The Morgan fingerprint density at radius 2 is 1.75 bits per heavy atom. The zero-order valence-electron chi connectivity index (χ0n) is 16.2. The van der Waals surface area contributed by atoms with E-state index in [0.29, 0.717) is 11.6 Å². The lowest BCUT2D eigenvalue weighted by molar-refractivity contribution is -0.122. The Kier molecular flexibility index (Phi) is 8.00. The fourth-order valence-corrected chi connectivity index (χ4v) is 4.16. The molecule has 0 saturated carbocycles. The lowest BCUT2D eigenvalue weighted by atomic mass is 10.2. The summed E-state index contributed by atoms with van der Waals surface area (Å²) in [6, 6.07) is 13.2. The molecule has 2 aromatic rings. The van der Waals surface area contributed by atoms with Gasteiger partial charge in [0.1, 0.15) is 0 Å². The predicted octanol–water partition coefficient (Wildman–Crippen LogP) is 2.99. The molecule has 2 aromatic carbocycles. The van der Waals surface area contributed by atoms with Gasteiger partial charge in [-0.05, 0) is 43.7 Å². The second-order valence-corrected chi connectivity index (χ2v) is 9.01. The van der Waals surface area contributed by atoms with Gasteiger partial charge in [-0.2, -0.15) is 4.31 Å². The molecule has 6 nitrogen and oxygen atoms in total. The standard InChI is InChI=1S/C20H25ClN2O4S/c1-15-4-10-19(11-5-15)28(25,26)23(12-17-6-8-18(21)9-7-17)13-20(24)22-16(2)14-27-3/h4-11,16H,12-14H2,1-3H3,(H,22,24)/t16-/m1/s1. The number of hydrogen-bond donors (Lipinski definition) is 1. The van der Waals surface area contributed by atoms with E-state index in [4.69, 9.17) is 16.3 Å². The molecule has 0 heterocycles. The number of sulfonamides is 1. The van der Waals surface area contributed by atoms with Gasteiger partial charge in [0, 0.05) is 24.7 Å². The molecule has 2 rings (SSSR count). The topological polar surface area (TPSA) is 75.7 Å². The zero-order chi connectivity index (χ0) is 20.7. The second kappa shape index (κ2) is 10.0. The number of amides is 1. The molecule has 0 bridgehead atoms. The summed E-state index contributed by atoms with van der Waals surface area (Å²) in [5.41, 5.74) is 1.69. The van der Waals surface area contributed by atoms with Gasteiger partial charge in [-0.3, -0.25) is 4.79 Å². The summed E-state index contributed by atoms with van der Waals surface area (Å²) >= 11 is 5.91. The van der Waals surface area contributed by atoms with Crippen molar-refractivity contribution in [2.24, 2.45) is 0 Å². The lowest BCUT2D eigenvalue weighted by Crippen LogP contribution is -2.44. The van der Waals surface area contributed by atoms with E-state index in [2.05, 4.69) is 5.32 Å². The van der Waals surface area contributed by atoms with Crippen molar-refractivity contribution in [2.75, 3.05) is 20.3 Å². The largest absolute Gasteiger partial charge is 0.383 e. The molecule has 0 fully saturated rings. The van der Waals surface area contributed by atoms with E-state index in [1.54, 1.807) is 55.5 Å². The number of hydrogen-bond acceptors (Lipinski definition) is 4. The Morgan fingerprint density at radius 3 is 2.32 bits per heavy atom. The molecule has 1 amide bonds. The summed E-state index contributed by atoms with van der Waals surface area (Å²) in [5.74, 6) is -0.394. The zero-order valence-corrected chi connectivity index (χ0v) is 17.8. The molecule has 0 spiro atoms. The molecule has 8 heteroatoms. The highest BCUT2D eigenvalue weighted by atomic mass is 35.5. The number of ether oxygens (including phenoxy) is 1. The fourth-order valence-electron chi connectivity index (χ4n) is 2.65. The summed E-state index contributed by atoms with van der Waals surface area (Å²) in [6.45, 7) is 3.77. The third kappa shape index (κ3) is 6.31. The van der Waals surface area contributed by atoms with Crippen LogP contribution in [0, 0.1) is 6.92 Å². The molecule has 0 aromatic heterocycles. The SMILES string of the molecule is COC[C@@H](C)NC(=O)CN(Cc1ccc(Cl)cc1)S(=O)(=O)c1ccc(C)cc1. The smallest absolute Gasteiger partial charge is 0.243 e. The van der Waals surface area contributed by atoms with Crippen molar-refractivity contribution in [1.29, 1.82) is 0 Å². The van der Waals surface area contributed by atoms with E-state index >= 15 is 0 Å². The van der Waals surface area contributed by atoms with Gasteiger partial charge in [-0.1, -0.05) is 41.4 Å². The normalized spacial score (nSPS) is 12.8. The highest BCUT2D eigenvalue weighted by Crippen LogP contribution is 2.20. The maximum Gasteiger partial charge on any atom is 0.243 e. The highest BCUT2D eigenvalue weighted by Gasteiger charge is 2.27. The number of methoxy groups -OCH3 is 1. The van der Waals surface area contributed by atoms with Gasteiger partial charge in [-0.25, -0.2) is 8.42 Å². The summed E-state index contributed by atoms with van der Waals surface area (Å²) in [7, 11) is -2.32. The van der Waals surface area contributed by atoms with Gasteiger partial charge in [0.25, 0.3) is 0 Å². The van der Waals surface area contributed by atoms with Crippen LogP contribution in [0.2, 0.25) is 5.02 Å². The van der Waals surface area contributed by atoms with Gasteiger partial charge in [-0.15, -0.1) is 0 Å². The van der Waals surface area contributed by atoms with E-state index < -0.39 is 15.9 Å². The van der Waals surface area contributed by atoms with Crippen LogP contribution in [0.15, 0.2) is 53.4 Å². The van der Waals surface area contributed by atoms with Crippen LogP contribution in [0.1, 0.15) is 18.1 Å². The van der Waals surface area contributed by atoms with Crippen LogP contribution >= 0.6 is 11.6 Å². The molecular weight excluding hydrogens is 400 g/mol. The van der Waals surface area contributed by atoms with Crippen molar-refractivity contribution < 1.29 is 17.9 Å². The number of benzene rings is 2. The molecule has 0 unspecified atom stereocenters. The first kappa shape index (κ1) is 22.4. The third-order valence-electron chi connectivity index (χ3n) is 4.07. The van der Waals surface area contributed by atoms with Crippen LogP contribution in [0.4, 0.5) is 0 Å². The molecule has 0 saturated heterocycles. The van der Waals surface area contributed by atoms with Crippen molar-refractivity contribution in [3.05, 3.63) is 64.7 Å². The monoisotopic (exact) mass is 424 g/mol. The van der Waals surface area contributed by atoms with Crippen LogP contribution in [0.3, 0.4) is 0 Å². The van der Waals surface area contributed by atoms with Crippen molar-refractivity contribution in [3.8, 4) is 0 Å². The number of rotatable bonds is 9. The maximum absolute atomic E-state index is 13.2. The third-order valence-corrected chi connectivity index (χ3v) is 6.13. The molecule has 0 aliphatic carbocycles. The van der Waals surface area contributed by atoms with Crippen LogP contribution in [0.5, 0.6) is 0 Å². The number of halogens is 1. The summed E-state index contributed by atoms with van der Waals surface area (Å²) in [5, 5.41) is 3.31. The second-order valence-electron chi connectivity index (χ2n) is 6.64. The van der Waals surface area contributed by atoms with Crippen molar-refractivity contribution in [3.63, 3.8) is 0 Å². The lowest BCUT2D eigenvalue weighted by Gasteiger charge is -2.23. The number of nitrogens with zero attached hydrogens (tertiary/aromatic N) is 1. The maximum atomic E-state index is 13.2. The van der Waals surface area contributed by atoms with Crippen LogP contribution in [0.25, 0.3) is 0 Å². The van der Waals surface area contributed by atoms with Gasteiger partial charge in [0.2, 0.25) is 15.9 Å². The Bertz CT molecular complexity index is 883. The molecule has 0 radical (unpaired) electrons. The summed E-state index contributed by atoms with van der Waals surface area (Å²) in [4.78, 5) is 12.6. The average molecular weight is 425 g/mol. The molecule has 28 heavy (non-hydrogen) atoms. The predicted molar refractivity (Wildman–Crippen MR) is 110 cm³/mol. The van der Waals surface area contributed by atoms with Gasteiger partial charge >= 0.3 is 0 Å². The number of carbonyl (C=O) groups excluding carboxylic acids is 1. The molecule has 0 aliphatic heterocycles. The first-order valence-corrected chi connectivity index (χ1v) is 10.6. The van der Waals surface area contributed by atoms with Gasteiger partial charge in [0.15, 0.2) is 0 Å². The summed E-state index contributed by atoms with van der Waals surface area (Å²) < 4.78 is 32.5. The van der Waals surface area contributed by atoms with Crippen LogP contribution in [-0.4, -0.2) is 44.9 Å². The van der Waals surface area contributed by atoms with Gasteiger partial charge < -0.3 is 10.1 Å². The molecule has 152 valence electrons. The Morgan fingerprint density at radius 1 is 1.14 bits per heavy atom. The highest BCUT2D eigenvalue weighted by molar-refractivity contribution is 7.89. The van der Waals surface area contributed by atoms with Gasteiger partial charge in [0.05, 0.1) is 18.0 Å². The van der Waals surface area contributed by atoms with E-state index in [1.165, 1.54) is 7.11 Å². The average Bonchev–Trinajstić information content (AvgIpc) is 2.63. The fraction of sp³-hybridized carbons (Fsp3) is 0.350. The summed E-state index contributed by atoms with van der Waals surface area (Å²) in [6.07, 6.45) is 0. The van der Waals surface area contributed by atoms with Crippen LogP contribution in [-0.2, 0) is 26.1 Å². The van der Waals surface area contributed by atoms with Crippen molar-refractivity contribution in [1.82, 2.24) is 9.62 Å². The quantitative estimate of drug-likeness (QED) is 0.671. The minimum absolute atomic E-state index is 0.0550. The number of aryl methyl sites for hydroxylation is 1. The molecular formula is C20H25ClN2O4S. The van der Waals surface area contributed by atoms with Crippen LogP contribution < -0.4 is 5.32 Å². The van der Waals surface area contributed by atoms with E-state index in [0.717, 1.165) is 15.4 Å². The molecule has 1 N–H and O–H groups in total. The number of nitrogens with one attached hydrogen (secondary N) is 1. The first-order chi connectivity index (χ1) is 13.2. The Labute approximate surface area is 171 Å². The van der Waals surface area contributed by atoms with Crippen molar-refractivity contribution in [2.45, 2.75) is 31.3 Å². The minimum atomic E-state index is -3.86. The molecule has 1 atom stereocenters. The van der Waals surface area contributed by atoms with Crippen molar-refractivity contribution >= 4 is 27.5 Å². The minimum Gasteiger partial charge on any atom is -0.383 e. The first-order valence-electron chi connectivity index (χ1n) is 8.82. The number of carbonyl (C=O) groups is 1. The van der Waals surface area contributed by atoms with E-state index in [-0.39, 0.29) is 24.0 Å². The Hall–Kier alpha value is -1.93. The van der Waals surface area contributed by atoms with E-state index in [9.17, 15) is 13.2 Å².